The molecule has 12 nitrogen and oxygen atoms in total. The Bertz CT molecular complexity index is 2070. The highest BCUT2D eigenvalue weighted by atomic mass is 32.2. The van der Waals surface area contributed by atoms with Crippen LogP contribution in [-0.4, -0.2) is 67.9 Å². The Morgan fingerprint density at radius 3 is 2.35 bits per heavy atom. The number of sulfonamides is 1. The van der Waals surface area contributed by atoms with Crippen molar-refractivity contribution >= 4 is 32.8 Å². The lowest BCUT2D eigenvalue weighted by atomic mass is 10.1. The van der Waals surface area contributed by atoms with Crippen LogP contribution in [0.15, 0.2) is 77.9 Å². The van der Waals surface area contributed by atoms with E-state index in [1.807, 2.05) is 76.3 Å². The van der Waals surface area contributed by atoms with Crippen LogP contribution < -0.4 is 10.4 Å². The van der Waals surface area contributed by atoms with E-state index in [2.05, 4.69) is 19.6 Å². The molecule has 2 aromatic carbocycles. The fourth-order valence-electron chi connectivity index (χ4n) is 5.86. The number of fused-ring (bicyclic) bond motifs is 1. The number of carbonyl (C=O) groups is 1. The van der Waals surface area contributed by atoms with Crippen molar-refractivity contribution in [3.63, 3.8) is 0 Å². The van der Waals surface area contributed by atoms with Crippen molar-refractivity contribution < 1.29 is 17.9 Å². The van der Waals surface area contributed by atoms with Crippen molar-refractivity contribution in [1.29, 1.82) is 0 Å². The number of carbonyl (C=O) groups excluding carboxylic acids is 1. The lowest BCUT2D eigenvalue weighted by Crippen LogP contribution is -2.29. The maximum absolute atomic E-state index is 14.0. The number of rotatable bonds is 8. The summed E-state index contributed by atoms with van der Waals surface area (Å²) in [7, 11) is -1.54. The molecule has 3 aromatic heterocycles. The molecule has 1 fully saturated rings. The summed E-state index contributed by atoms with van der Waals surface area (Å²) in [5.41, 5.74) is 4.05. The van der Waals surface area contributed by atoms with E-state index in [0.29, 0.717) is 30.1 Å². The Morgan fingerprint density at radius 1 is 1.02 bits per heavy atom. The van der Waals surface area contributed by atoms with Gasteiger partial charge in [0, 0.05) is 32.0 Å². The van der Waals surface area contributed by atoms with Crippen LogP contribution in [0.25, 0.3) is 28.0 Å². The Hall–Kier alpha value is -4.75. The van der Waals surface area contributed by atoms with Gasteiger partial charge in [-0.2, -0.15) is 0 Å². The van der Waals surface area contributed by atoms with Gasteiger partial charge in [0.15, 0.2) is 5.65 Å². The molecule has 0 unspecified atom stereocenters. The first-order valence-corrected chi connectivity index (χ1v) is 16.9. The minimum Gasteiger partial charge on any atom is -0.455 e. The molecule has 6 rings (SSSR count). The van der Waals surface area contributed by atoms with E-state index >= 15 is 0 Å². The Morgan fingerprint density at radius 2 is 1.70 bits per heavy atom. The van der Waals surface area contributed by atoms with Gasteiger partial charge in [-0.1, -0.05) is 24.3 Å². The molecule has 13 heteroatoms. The maximum atomic E-state index is 14.0. The highest BCUT2D eigenvalue weighted by Gasteiger charge is 2.30. The molecule has 0 amide bonds. The number of anilines is 1. The van der Waals surface area contributed by atoms with Gasteiger partial charge in [0.05, 0.1) is 36.2 Å². The minimum absolute atomic E-state index is 0.0879. The van der Waals surface area contributed by atoms with Gasteiger partial charge in [0.1, 0.15) is 17.1 Å². The summed E-state index contributed by atoms with van der Waals surface area (Å²) in [5, 5.41) is 0. The van der Waals surface area contributed by atoms with Gasteiger partial charge in [-0.25, -0.2) is 28.0 Å². The van der Waals surface area contributed by atoms with E-state index in [1.54, 1.807) is 38.2 Å². The molecular formula is C33H37N7O5S. The monoisotopic (exact) mass is 643 g/mol. The zero-order valence-corrected chi connectivity index (χ0v) is 27.3. The van der Waals surface area contributed by atoms with E-state index < -0.39 is 21.6 Å². The van der Waals surface area contributed by atoms with Gasteiger partial charge in [-0.15, -0.1) is 0 Å². The molecule has 0 bridgehead atoms. The van der Waals surface area contributed by atoms with Crippen molar-refractivity contribution in [2.75, 3.05) is 24.1 Å². The van der Waals surface area contributed by atoms with Crippen LogP contribution in [0.4, 0.5) is 5.69 Å². The number of hydrogen-bond donors (Lipinski definition) is 1. The number of aromatic nitrogens is 5. The fraction of sp³-hybridized carbons (Fsp3) is 0.333. The smallest absolute Gasteiger partial charge is 0.357 e. The van der Waals surface area contributed by atoms with Crippen LogP contribution in [-0.2, 0) is 28.4 Å². The first-order valence-electron chi connectivity index (χ1n) is 15.0. The number of benzene rings is 2. The number of esters is 1. The standard InChI is InChI=1S/C33H37N7O5S/c1-33(2,3)45-31(41)28-19-35-29(37(28)4)21-38-18-16-26(20-38)40-30-27(7-6-17-34-30)39(32(40)42)25-14-10-23(11-15-25)22-8-12-24(13-9-22)36-46(5,43)44/h6-15,17,19,26,36H,16,18,20-21H2,1-5H3/t26-/m0/s1. The van der Waals surface area contributed by atoms with Gasteiger partial charge in [0.25, 0.3) is 0 Å². The van der Waals surface area contributed by atoms with E-state index in [0.717, 1.165) is 47.4 Å². The molecule has 1 aliphatic rings. The molecule has 0 radical (unpaired) electrons. The molecule has 1 saturated heterocycles. The molecule has 0 saturated carbocycles. The van der Waals surface area contributed by atoms with Gasteiger partial charge in [0.2, 0.25) is 10.0 Å². The van der Waals surface area contributed by atoms with Crippen molar-refractivity contribution in [2.45, 2.75) is 45.4 Å². The van der Waals surface area contributed by atoms with Crippen LogP contribution >= 0.6 is 0 Å². The SMILES string of the molecule is Cn1c(C(=O)OC(C)(C)C)cnc1CN1CC[C@H](n2c(=O)n(-c3ccc(-c4ccc(NS(C)(=O)=O)cc4)cc3)c3cccnc32)C1. The minimum atomic E-state index is -3.36. The molecule has 1 atom stereocenters. The number of ether oxygens (including phenoxy) is 1. The normalized spacial score (nSPS) is 15.8. The summed E-state index contributed by atoms with van der Waals surface area (Å²) in [6.45, 7) is 7.42. The number of likely N-dealkylation sites (tertiary alicyclic amines) is 1. The summed E-state index contributed by atoms with van der Waals surface area (Å²) in [6, 6.07) is 18.5. The molecule has 0 aliphatic carbocycles. The highest BCUT2D eigenvalue weighted by Crippen LogP contribution is 2.28. The lowest BCUT2D eigenvalue weighted by molar-refractivity contribution is 0.00583. The second-order valence-corrected chi connectivity index (χ2v) is 14.4. The molecular weight excluding hydrogens is 606 g/mol. The van der Waals surface area contributed by atoms with E-state index in [4.69, 9.17) is 4.74 Å². The lowest BCUT2D eigenvalue weighted by Gasteiger charge is -2.20. The maximum Gasteiger partial charge on any atom is 0.357 e. The summed E-state index contributed by atoms with van der Waals surface area (Å²) < 4.78 is 36.3. The van der Waals surface area contributed by atoms with Crippen LogP contribution in [0.5, 0.6) is 0 Å². The first-order chi connectivity index (χ1) is 21.8. The predicted octanol–water partition coefficient (Wildman–Crippen LogP) is 4.36. The fourth-order valence-corrected chi connectivity index (χ4v) is 6.42. The molecule has 0 spiro atoms. The summed E-state index contributed by atoms with van der Waals surface area (Å²) in [4.78, 5) is 38.0. The predicted molar refractivity (Wildman–Crippen MR) is 177 cm³/mol. The molecule has 46 heavy (non-hydrogen) atoms. The quantitative estimate of drug-likeness (QED) is 0.247. The number of nitrogens with one attached hydrogen (secondary N) is 1. The molecule has 1 aliphatic heterocycles. The van der Waals surface area contributed by atoms with Crippen LogP contribution in [0, 0.1) is 0 Å². The largest absolute Gasteiger partial charge is 0.455 e. The van der Waals surface area contributed by atoms with E-state index in [9.17, 15) is 18.0 Å². The molecule has 5 aromatic rings. The van der Waals surface area contributed by atoms with Crippen LogP contribution in [0.3, 0.4) is 0 Å². The van der Waals surface area contributed by atoms with Gasteiger partial charge >= 0.3 is 11.7 Å². The third-order valence-corrected chi connectivity index (χ3v) is 8.56. The van der Waals surface area contributed by atoms with Crippen molar-refractivity contribution in [1.82, 2.24) is 28.6 Å². The molecule has 1 N–H and O–H groups in total. The third kappa shape index (κ3) is 6.46. The number of pyridine rings is 1. The second kappa shape index (κ2) is 11.9. The number of nitrogens with zero attached hydrogens (tertiary/aromatic N) is 6. The Labute approximate surface area is 267 Å². The summed E-state index contributed by atoms with van der Waals surface area (Å²) >= 11 is 0. The molecule has 4 heterocycles. The summed E-state index contributed by atoms with van der Waals surface area (Å²) in [5.74, 6) is 0.335. The average Bonchev–Trinajstić information content (AvgIpc) is 3.67. The zero-order chi connectivity index (χ0) is 32.8. The highest BCUT2D eigenvalue weighted by molar-refractivity contribution is 7.92. The van der Waals surface area contributed by atoms with Crippen molar-refractivity contribution in [3.05, 3.63) is 95.1 Å². The topological polar surface area (TPSA) is 133 Å². The van der Waals surface area contributed by atoms with Gasteiger partial charge in [-0.3, -0.25) is 18.8 Å². The van der Waals surface area contributed by atoms with E-state index in [1.165, 1.54) is 0 Å². The van der Waals surface area contributed by atoms with Crippen LogP contribution in [0.1, 0.15) is 49.5 Å². The number of hydrogen-bond acceptors (Lipinski definition) is 8. The Balaban J connectivity index is 1.22. The Kier molecular flexibility index (Phi) is 8.07. The van der Waals surface area contributed by atoms with Crippen molar-refractivity contribution in [3.8, 4) is 16.8 Å². The average molecular weight is 644 g/mol. The first kappa shape index (κ1) is 31.2. The summed E-state index contributed by atoms with van der Waals surface area (Å²) in [6.07, 6.45) is 5.13. The number of imidazole rings is 2. The molecule has 240 valence electrons. The second-order valence-electron chi connectivity index (χ2n) is 12.6. The van der Waals surface area contributed by atoms with Crippen molar-refractivity contribution in [2.24, 2.45) is 7.05 Å². The van der Waals surface area contributed by atoms with Gasteiger partial charge < -0.3 is 9.30 Å². The van der Waals surface area contributed by atoms with Crippen LogP contribution in [0.2, 0.25) is 0 Å². The van der Waals surface area contributed by atoms with Gasteiger partial charge in [-0.05, 0) is 74.7 Å². The third-order valence-electron chi connectivity index (χ3n) is 7.95. The van der Waals surface area contributed by atoms with E-state index in [-0.39, 0.29) is 11.7 Å². The zero-order valence-electron chi connectivity index (χ0n) is 26.5.